The van der Waals surface area contributed by atoms with Crippen molar-refractivity contribution in [2.24, 2.45) is 0 Å². The van der Waals surface area contributed by atoms with Crippen LogP contribution in [0.25, 0.3) is 0 Å². The third-order valence-electron chi connectivity index (χ3n) is 3.21. The Kier molecular flexibility index (Phi) is 3.73. The van der Waals surface area contributed by atoms with Crippen LogP contribution in [0, 0.1) is 0 Å². The SMILES string of the molecule is COCCc1c(C(=O)O)nnn1C1CCCC1. The number of aromatic carboxylic acids is 1. The molecule has 0 radical (unpaired) electrons. The van der Waals surface area contributed by atoms with Gasteiger partial charge in [-0.3, -0.25) is 0 Å². The Morgan fingerprint density at radius 3 is 2.82 bits per heavy atom. The molecule has 17 heavy (non-hydrogen) atoms. The summed E-state index contributed by atoms with van der Waals surface area (Å²) in [7, 11) is 1.60. The summed E-state index contributed by atoms with van der Waals surface area (Å²) in [5.74, 6) is -1.01. The van der Waals surface area contributed by atoms with Gasteiger partial charge in [0.1, 0.15) is 0 Å². The smallest absolute Gasteiger partial charge is 0.358 e. The third-order valence-corrected chi connectivity index (χ3v) is 3.21. The number of carboxylic acid groups (broad SMARTS) is 1. The van der Waals surface area contributed by atoms with Gasteiger partial charge in [-0.15, -0.1) is 5.10 Å². The summed E-state index contributed by atoms with van der Waals surface area (Å²) in [6.45, 7) is 0.486. The molecule has 2 rings (SSSR count). The molecule has 0 saturated heterocycles. The first-order chi connectivity index (χ1) is 8.24. The number of rotatable bonds is 5. The maximum absolute atomic E-state index is 11.1. The predicted octanol–water partition coefficient (Wildman–Crippen LogP) is 1.28. The molecule has 0 atom stereocenters. The number of methoxy groups -OCH3 is 1. The van der Waals surface area contributed by atoms with E-state index in [9.17, 15) is 4.79 Å². The van der Waals surface area contributed by atoms with Gasteiger partial charge in [-0.1, -0.05) is 18.1 Å². The van der Waals surface area contributed by atoms with Gasteiger partial charge in [-0.05, 0) is 12.8 Å². The summed E-state index contributed by atoms with van der Waals surface area (Å²) in [6, 6.07) is 0.308. The van der Waals surface area contributed by atoms with E-state index < -0.39 is 5.97 Å². The van der Waals surface area contributed by atoms with E-state index in [4.69, 9.17) is 9.84 Å². The average Bonchev–Trinajstić information content (AvgIpc) is 2.94. The molecule has 1 saturated carbocycles. The lowest BCUT2D eigenvalue weighted by Gasteiger charge is -2.12. The lowest BCUT2D eigenvalue weighted by molar-refractivity contribution is 0.0688. The van der Waals surface area contributed by atoms with E-state index in [2.05, 4.69) is 10.3 Å². The summed E-state index contributed by atoms with van der Waals surface area (Å²) in [6.07, 6.45) is 5.01. The van der Waals surface area contributed by atoms with Gasteiger partial charge in [0.2, 0.25) is 0 Å². The molecule has 94 valence electrons. The van der Waals surface area contributed by atoms with Crippen LogP contribution in [0.4, 0.5) is 0 Å². The van der Waals surface area contributed by atoms with Crippen LogP contribution in [0.3, 0.4) is 0 Å². The van der Waals surface area contributed by atoms with Crippen LogP contribution in [0.15, 0.2) is 0 Å². The zero-order valence-electron chi connectivity index (χ0n) is 9.93. The Bertz CT molecular complexity index is 397. The highest BCUT2D eigenvalue weighted by atomic mass is 16.5. The van der Waals surface area contributed by atoms with E-state index in [1.165, 1.54) is 12.8 Å². The highest BCUT2D eigenvalue weighted by Gasteiger charge is 2.25. The third kappa shape index (κ3) is 2.46. The van der Waals surface area contributed by atoms with Gasteiger partial charge >= 0.3 is 5.97 Å². The molecule has 0 unspecified atom stereocenters. The largest absolute Gasteiger partial charge is 0.476 e. The summed E-state index contributed by atoms with van der Waals surface area (Å²) in [5.41, 5.74) is 0.750. The molecule has 0 aliphatic heterocycles. The Hall–Kier alpha value is -1.43. The molecule has 0 amide bonds. The fourth-order valence-electron chi connectivity index (χ4n) is 2.35. The summed E-state index contributed by atoms with van der Waals surface area (Å²) in [4.78, 5) is 11.1. The molecule has 1 aliphatic rings. The van der Waals surface area contributed by atoms with Gasteiger partial charge in [-0.2, -0.15) is 0 Å². The number of hydrogen-bond acceptors (Lipinski definition) is 4. The van der Waals surface area contributed by atoms with Crippen molar-refractivity contribution < 1.29 is 14.6 Å². The summed E-state index contributed by atoms with van der Waals surface area (Å²) < 4.78 is 6.79. The van der Waals surface area contributed by atoms with Gasteiger partial charge in [0.05, 0.1) is 18.3 Å². The van der Waals surface area contributed by atoms with Crippen molar-refractivity contribution in [3.63, 3.8) is 0 Å². The molecule has 1 heterocycles. The molecule has 1 aromatic heterocycles. The second-order valence-electron chi connectivity index (χ2n) is 4.32. The van der Waals surface area contributed by atoms with Gasteiger partial charge in [0.25, 0.3) is 0 Å². The van der Waals surface area contributed by atoms with Crippen LogP contribution >= 0.6 is 0 Å². The van der Waals surface area contributed by atoms with Crippen molar-refractivity contribution in [3.05, 3.63) is 11.4 Å². The maximum atomic E-state index is 11.1. The number of ether oxygens (including phenoxy) is 1. The minimum absolute atomic E-state index is 0.0638. The summed E-state index contributed by atoms with van der Waals surface area (Å²) in [5, 5.41) is 16.8. The molecule has 6 heteroatoms. The molecular formula is C11H17N3O3. The maximum Gasteiger partial charge on any atom is 0.358 e. The monoisotopic (exact) mass is 239 g/mol. The Balaban J connectivity index is 2.26. The van der Waals surface area contributed by atoms with E-state index in [1.54, 1.807) is 11.8 Å². The van der Waals surface area contributed by atoms with E-state index in [1.807, 2.05) is 0 Å². The van der Waals surface area contributed by atoms with Crippen LogP contribution in [0.1, 0.15) is 47.9 Å². The van der Waals surface area contributed by atoms with E-state index in [0.717, 1.165) is 12.8 Å². The van der Waals surface area contributed by atoms with E-state index in [-0.39, 0.29) is 5.69 Å². The first kappa shape index (κ1) is 12.0. The molecule has 1 N–H and O–H groups in total. The number of hydrogen-bond donors (Lipinski definition) is 1. The van der Waals surface area contributed by atoms with Crippen molar-refractivity contribution >= 4 is 5.97 Å². The Labute approximate surface area is 99.6 Å². The van der Waals surface area contributed by atoms with Crippen molar-refractivity contribution in [2.75, 3.05) is 13.7 Å². The summed E-state index contributed by atoms with van der Waals surface area (Å²) >= 11 is 0. The minimum atomic E-state index is -1.01. The van der Waals surface area contributed by atoms with Crippen molar-refractivity contribution in [1.29, 1.82) is 0 Å². The fourth-order valence-corrected chi connectivity index (χ4v) is 2.35. The predicted molar refractivity (Wildman–Crippen MR) is 60.1 cm³/mol. The highest BCUT2D eigenvalue weighted by molar-refractivity contribution is 5.86. The number of nitrogens with zero attached hydrogens (tertiary/aromatic N) is 3. The topological polar surface area (TPSA) is 77.2 Å². The molecule has 1 aliphatic carbocycles. The molecule has 6 nitrogen and oxygen atoms in total. The zero-order chi connectivity index (χ0) is 12.3. The van der Waals surface area contributed by atoms with Gasteiger partial charge in [0.15, 0.2) is 5.69 Å². The van der Waals surface area contributed by atoms with Gasteiger partial charge in [-0.25, -0.2) is 9.48 Å². The Morgan fingerprint density at radius 1 is 1.53 bits per heavy atom. The normalized spacial score (nSPS) is 16.5. The highest BCUT2D eigenvalue weighted by Crippen LogP contribution is 2.30. The first-order valence-electron chi connectivity index (χ1n) is 5.90. The second kappa shape index (κ2) is 5.27. The van der Waals surface area contributed by atoms with Crippen molar-refractivity contribution in [3.8, 4) is 0 Å². The lowest BCUT2D eigenvalue weighted by atomic mass is 10.2. The molecule has 0 aromatic carbocycles. The molecule has 0 bridgehead atoms. The minimum Gasteiger partial charge on any atom is -0.476 e. The zero-order valence-corrected chi connectivity index (χ0v) is 9.93. The molecule has 1 aromatic rings. The van der Waals surface area contributed by atoms with Crippen molar-refractivity contribution in [1.82, 2.24) is 15.0 Å². The van der Waals surface area contributed by atoms with E-state index in [0.29, 0.717) is 24.8 Å². The van der Waals surface area contributed by atoms with Crippen LogP contribution in [0.5, 0.6) is 0 Å². The van der Waals surface area contributed by atoms with Crippen molar-refractivity contribution in [2.45, 2.75) is 38.1 Å². The average molecular weight is 239 g/mol. The van der Waals surface area contributed by atoms with Crippen LogP contribution in [-0.4, -0.2) is 39.8 Å². The number of carbonyl (C=O) groups is 1. The lowest BCUT2D eigenvalue weighted by Crippen LogP contribution is -2.14. The number of carboxylic acids is 1. The van der Waals surface area contributed by atoms with Gasteiger partial charge < -0.3 is 9.84 Å². The first-order valence-corrected chi connectivity index (χ1v) is 5.90. The fraction of sp³-hybridized carbons (Fsp3) is 0.727. The standard InChI is InChI=1S/C11H17N3O3/c1-17-7-6-9-10(11(15)16)12-13-14(9)8-4-2-3-5-8/h8H,2-7H2,1H3,(H,15,16). The molecule has 0 spiro atoms. The quantitative estimate of drug-likeness (QED) is 0.837. The van der Waals surface area contributed by atoms with Gasteiger partial charge in [0, 0.05) is 13.5 Å². The molecular weight excluding hydrogens is 222 g/mol. The van der Waals surface area contributed by atoms with Crippen LogP contribution in [0.2, 0.25) is 0 Å². The van der Waals surface area contributed by atoms with E-state index >= 15 is 0 Å². The van der Waals surface area contributed by atoms with Crippen LogP contribution in [-0.2, 0) is 11.2 Å². The van der Waals surface area contributed by atoms with Crippen LogP contribution < -0.4 is 0 Å². The molecule has 1 fully saturated rings. The number of aromatic nitrogens is 3. The Morgan fingerprint density at radius 2 is 2.24 bits per heavy atom. The second-order valence-corrected chi connectivity index (χ2v) is 4.32.